The second kappa shape index (κ2) is 7.91. The van der Waals surface area contributed by atoms with E-state index < -0.39 is 0 Å². The van der Waals surface area contributed by atoms with E-state index >= 15 is 0 Å². The van der Waals surface area contributed by atoms with Crippen LogP contribution in [0.2, 0.25) is 0 Å². The molecule has 2 rings (SSSR count). The zero-order valence-electron chi connectivity index (χ0n) is 12.3. The molecule has 0 N–H and O–H groups in total. The molecule has 0 radical (unpaired) electrons. The number of hydrogen-bond acceptors (Lipinski definition) is 1. The van der Waals surface area contributed by atoms with Crippen molar-refractivity contribution in [2.24, 2.45) is 0 Å². The Morgan fingerprint density at radius 1 is 0.905 bits per heavy atom. The summed E-state index contributed by atoms with van der Waals surface area (Å²) < 4.78 is 0. The highest BCUT2D eigenvalue weighted by atomic mass is 15.1. The summed E-state index contributed by atoms with van der Waals surface area (Å²) in [6, 6.07) is 20.9. The van der Waals surface area contributed by atoms with Crippen molar-refractivity contribution < 1.29 is 0 Å². The minimum Gasteiger partial charge on any atom is -0.341 e. The Kier molecular flexibility index (Phi) is 5.60. The predicted molar refractivity (Wildman–Crippen MR) is 93.0 cm³/mol. The van der Waals surface area contributed by atoms with Gasteiger partial charge in [-0.2, -0.15) is 0 Å². The first-order chi connectivity index (χ1) is 10.3. The lowest BCUT2D eigenvalue weighted by Gasteiger charge is -2.25. The normalized spacial score (nSPS) is 10.5. The summed E-state index contributed by atoms with van der Waals surface area (Å²) >= 11 is 0. The Bertz CT molecular complexity index is 557. The molecule has 0 spiro atoms. The third-order valence-electron chi connectivity index (χ3n) is 3.26. The van der Waals surface area contributed by atoms with Crippen molar-refractivity contribution in [2.75, 3.05) is 11.4 Å². The molecular formula is C20H21N. The molecular weight excluding hydrogens is 254 g/mol. The summed E-state index contributed by atoms with van der Waals surface area (Å²) in [6.45, 7) is 8.67. The average molecular weight is 275 g/mol. The van der Waals surface area contributed by atoms with Gasteiger partial charge in [0.15, 0.2) is 0 Å². The Labute approximate surface area is 127 Å². The molecule has 0 unspecified atom stereocenters. The highest BCUT2D eigenvalue weighted by Crippen LogP contribution is 2.25. The molecule has 0 saturated carbocycles. The second-order valence-electron chi connectivity index (χ2n) is 4.83. The van der Waals surface area contributed by atoms with Crippen LogP contribution in [-0.2, 0) is 0 Å². The molecule has 0 aliphatic rings. The Morgan fingerprint density at radius 3 is 1.90 bits per heavy atom. The Hall–Kier alpha value is -2.54. The summed E-state index contributed by atoms with van der Waals surface area (Å²) in [6.07, 6.45) is 6.63. The van der Waals surface area contributed by atoms with Crippen LogP contribution in [0.25, 0.3) is 0 Å². The molecule has 0 saturated heterocycles. The fourth-order valence-electron chi connectivity index (χ4n) is 2.17. The van der Waals surface area contributed by atoms with E-state index in [0.29, 0.717) is 0 Å². The molecule has 0 bridgehead atoms. The second-order valence-corrected chi connectivity index (χ2v) is 4.83. The maximum Gasteiger partial charge on any atom is 0.0410 e. The summed E-state index contributed by atoms with van der Waals surface area (Å²) in [5, 5.41) is 0. The van der Waals surface area contributed by atoms with Gasteiger partial charge < -0.3 is 4.90 Å². The molecule has 1 heteroatoms. The van der Waals surface area contributed by atoms with E-state index in [0.717, 1.165) is 18.5 Å². The smallest absolute Gasteiger partial charge is 0.0410 e. The van der Waals surface area contributed by atoms with Crippen molar-refractivity contribution in [1.29, 1.82) is 0 Å². The van der Waals surface area contributed by atoms with E-state index in [1.54, 1.807) is 6.08 Å². The molecule has 2 aromatic rings. The maximum absolute atomic E-state index is 4.09. The molecule has 0 amide bonds. The van der Waals surface area contributed by atoms with Gasteiger partial charge in [0, 0.05) is 17.9 Å². The summed E-state index contributed by atoms with van der Waals surface area (Å²) in [4.78, 5) is 2.31. The van der Waals surface area contributed by atoms with Gasteiger partial charge in [-0.1, -0.05) is 73.4 Å². The van der Waals surface area contributed by atoms with Gasteiger partial charge in [0.25, 0.3) is 0 Å². The highest BCUT2D eigenvalue weighted by Gasteiger charge is 2.08. The summed E-state index contributed by atoms with van der Waals surface area (Å²) in [5.74, 6) is 0. The lowest BCUT2D eigenvalue weighted by Crippen LogP contribution is -2.18. The first-order valence-corrected chi connectivity index (χ1v) is 7.16. The lowest BCUT2D eigenvalue weighted by molar-refractivity contribution is 0.920. The van der Waals surface area contributed by atoms with Crippen molar-refractivity contribution in [1.82, 2.24) is 0 Å². The fourth-order valence-corrected chi connectivity index (χ4v) is 2.17. The van der Waals surface area contributed by atoms with Crippen LogP contribution in [-0.4, -0.2) is 6.54 Å². The van der Waals surface area contributed by atoms with Crippen LogP contribution >= 0.6 is 0 Å². The Balaban J connectivity index is 2.16. The van der Waals surface area contributed by atoms with Gasteiger partial charge in [0.2, 0.25) is 0 Å². The van der Waals surface area contributed by atoms with Crippen LogP contribution in [0.5, 0.6) is 0 Å². The predicted octanol–water partition coefficient (Wildman–Crippen LogP) is 5.51. The van der Waals surface area contributed by atoms with Crippen LogP contribution in [0.15, 0.2) is 97.6 Å². The topological polar surface area (TPSA) is 3.24 Å². The Morgan fingerprint density at radius 2 is 1.43 bits per heavy atom. The van der Waals surface area contributed by atoms with Gasteiger partial charge >= 0.3 is 0 Å². The largest absolute Gasteiger partial charge is 0.341 e. The van der Waals surface area contributed by atoms with Crippen LogP contribution < -0.4 is 4.90 Å². The molecule has 2 aromatic carbocycles. The minimum absolute atomic E-state index is 0.897. The molecule has 106 valence electrons. The number of benzene rings is 2. The lowest BCUT2D eigenvalue weighted by atomic mass is 10.1. The molecule has 1 nitrogen and oxygen atoms in total. The molecule has 0 fully saturated rings. The van der Waals surface area contributed by atoms with E-state index in [2.05, 4.69) is 66.6 Å². The number of rotatable bonds is 7. The van der Waals surface area contributed by atoms with Crippen LogP contribution in [0.1, 0.15) is 6.42 Å². The molecule has 0 aromatic heterocycles. The first kappa shape index (κ1) is 14.9. The van der Waals surface area contributed by atoms with Crippen molar-refractivity contribution >= 4 is 11.4 Å². The maximum atomic E-state index is 4.09. The highest BCUT2D eigenvalue weighted by molar-refractivity contribution is 5.63. The van der Waals surface area contributed by atoms with Crippen molar-refractivity contribution in [2.45, 2.75) is 6.42 Å². The SMILES string of the molecule is C=CC=CC(=C)CCN(c1ccccc1)c1ccccc1. The number of allylic oxidation sites excluding steroid dienone is 3. The minimum atomic E-state index is 0.897. The number of hydrogen-bond donors (Lipinski definition) is 0. The molecule has 0 heterocycles. The number of anilines is 2. The van der Waals surface area contributed by atoms with E-state index in [9.17, 15) is 0 Å². The number of para-hydroxylation sites is 2. The van der Waals surface area contributed by atoms with Gasteiger partial charge in [0.05, 0.1) is 0 Å². The van der Waals surface area contributed by atoms with Gasteiger partial charge in [-0.25, -0.2) is 0 Å². The van der Waals surface area contributed by atoms with E-state index in [4.69, 9.17) is 0 Å². The standard InChI is InChI=1S/C20H21N/c1-3-4-11-18(2)16-17-21(19-12-7-5-8-13-19)20-14-9-6-10-15-20/h3-15H,1-2,16-17H2. The molecule has 0 aliphatic carbocycles. The third-order valence-corrected chi connectivity index (χ3v) is 3.26. The van der Waals surface area contributed by atoms with Gasteiger partial charge in [0.1, 0.15) is 0 Å². The van der Waals surface area contributed by atoms with E-state index in [1.807, 2.05) is 24.3 Å². The monoisotopic (exact) mass is 275 g/mol. The fraction of sp³-hybridized carbons (Fsp3) is 0.100. The average Bonchev–Trinajstić information content (AvgIpc) is 2.55. The molecule has 0 aliphatic heterocycles. The van der Waals surface area contributed by atoms with Crippen molar-refractivity contribution in [3.8, 4) is 0 Å². The van der Waals surface area contributed by atoms with E-state index in [-0.39, 0.29) is 0 Å². The number of nitrogens with zero attached hydrogens (tertiary/aromatic N) is 1. The first-order valence-electron chi connectivity index (χ1n) is 7.16. The van der Waals surface area contributed by atoms with Gasteiger partial charge in [-0.15, -0.1) is 0 Å². The van der Waals surface area contributed by atoms with E-state index in [1.165, 1.54) is 11.4 Å². The van der Waals surface area contributed by atoms with Crippen molar-refractivity contribution in [3.63, 3.8) is 0 Å². The zero-order chi connectivity index (χ0) is 14.9. The summed E-state index contributed by atoms with van der Waals surface area (Å²) in [7, 11) is 0. The molecule has 21 heavy (non-hydrogen) atoms. The zero-order valence-corrected chi connectivity index (χ0v) is 12.3. The van der Waals surface area contributed by atoms with Crippen LogP contribution in [0.3, 0.4) is 0 Å². The quantitative estimate of drug-likeness (QED) is 0.602. The van der Waals surface area contributed by atoms with Crippen LogP contribution in [0, 0.1) is 0 Å². The van der Waals surface area contributed by atoms with Crippen molar-refractivity contribution in [3.05, 3.63) is 97.6 Å². The van der Waals surface area contributed by atoms with Gasteiger partial charge in [-0.05, 0) is 30.7 Å². The summed E-state index contributed by atoms with van der Waals surface area (Å²) in [5.41, 5.74) is 3.50. The van der Waals surface area contributed by atoms with Gasteiger partial charge in [-0.3, -0.25) is 0 Å². The van der Waals surface area contributed by atoms with Crippen LogP contribution in [0.4, 0.5) is 11.4 Å². The molecule has 0 atom stereocenters. The third kappa shape index (κ3) is 4.50.